The Morgan fingerprint density at radius 1 is 1.30 bits per heavy atom. The summed E-state index contributed by atoms with van der Waals surface area (Å²) in [4.78, 5) is 10.5. The van der Waals surface area contributed by atoms with Crippen molar-refractivity contribution in [2.45, 2.75) is 12.5 Å². The minimum Gasteiger partial charge on any atom is -0.748 e. The zero-order valence-corrected chi connectivity index (χ0v) is 13.4. The Balaban J connectivity index is 0. The quantitative estimate of drug-likeness (QED) is 0.364. The molecule has 0 rings (SSSR count). The van der Waals surface area contributed by atoms with Gasteiger partial charge in [0, 0.05) is 6.26 Å². The summed E-state index contributed by atoms with van der Waals surface area (Å²) in [6.07, 6.45) is 0.257. The van der Waals surface area contributed by atoms with E-state index in [4.69, 9.17) is 18.1 Å². The average Bonchev–Trinajstić information content (AvgIpc) is 1.89. The number of likely N-dealkylation sites (N-methyl/N-ethyl adjacent to an activating group) is 1. The Morgan fingerprint density at radius 2 is 1.65 bits per heavy atom. The zero-order chi connectivity index (χ0) is 16.8. The fourth-order valence-corrected chi connectivity index (χ4v) is 1.75. The molecule has 0 aromatic rings. The number of nitrogens with zero attached hydrogens (tertiary/aromatic N) is 1. The Morgan fingerprint density at radius 3 is 1.85 bits per heavy atom. The summed E-state index contributed by atoms with van der Waals surface area (Å²) < 4.78 is 53.8. The van der Waals surface area contributed by atoms with Crippen LogP contribution >= 0.6 is 0 Å². The third kappa shape index (κ3) is 25.9. The molecule has 0 heterocycles. The fourth-order valence-electron chi connectivity index (χ4n) is 1.12. The number of carboxylic acids is 1. The van der Waals surface area contributed by atoms with E-state index in [1.807, 2.05) is 0 Å². The van der Waals surface area contributed by atoms with Gasteiger partial charge < -0.3 is 14.1 Å². The van der Waals surface area contributed by atoms with Crippen molar-refractivity contribution >= 4 is 26.2 Å². The summed E-state index contributed by atoms with van der Waals surface area (Å²) in [5.41, 5.74) is 0. The molecule has 0 saturated heterocycles. The second-order valence-electron chi connectivity index (χ2n) is 4.84. The second kappa shape index (κ2) is 7.88. The van der Waals surface area contributed by atoms with Gasteiger partial charge in [-0.05, 0) is 0 Å². The number of quaternary nitrogens is 1. The highest BCUT2D eigenvalue weighted by Gasteiger charge is 2.25. The Labute approximate surface area is 119 Å². The molecule has 0 aliphatic carbocycles. The van der Waals surface area contributed by atoms with E-state index in [-0.39, 0.29) is 17.4 Å². The van der Waals surface area contributed by atoms with Gasteiger partial charge in [-0.25, -0.2) is 8.42 Å². The molecule has 0 fully saturated rings. The lowest BCUT2D eigenvalue weighted by Gasteiger charge is -2.27. The molecule has 0 aliphatic rings. The van der Waals surface area contributed by atoms with Crippen molar-refractivity contribution in [3.05, 3.63) is 7.05 Å². The molecule has 1 radical (unpaired) electrons. The van der Waals surface area contributed by atoms with Crippen LogP contribution in [0.15, 0.2) is 0 Å². The predicted octanol–water partition coefficient (Wildman–Crippen LogP) is -1.16. The Bertz CT molecular complexity index is 495. The van der Waals surface area contributed by atoms with Crippen molar-refractivity contribution in [2.24, 2.45) is 0 Å². The lowest BCUT2D eigenvalue weighted by molar-refractivity contribution is -0.848. The van der Waals surface area contributed by atoms with Crippen molar-refractivity contribution in [3.8, 4) is 0 Å². The van der Waals surface area contributed by atoms with Crippen LogP contribution in [0.5, 0.6) is 0 Å². The van der Waals surface area contributed by atoms with E-state index in [0.717, 1.165) is 6.26 Å². The van der Waals surface area contributed by atoms with E-state index in [0.29, 0.717) is 6.26 Å². The van der Waals surface area contributed by atoms with Crippen molar-refractivity contribution in [2.75, 3.05) is 33.2 Å². The van der Waals surface area contributed by atoms with Crippen LogP contribution < -0.4 is 0 Å². The summed E-state index contributed by atoms with van der Waals surface area (Å²) in [6, 6.07) is 0. The minimum absolute atomic E-state index is 0.188. The van der Waals surface area contributed by atoms with Gasteiger partial charge in [-0.3, -0.25) is 8.98 Å². The van der Waals surface area contributed by atoms with E-state index >= 15 is 0 Å². The van der Waals surface area contributed by atoms with Gasteiger partial charge in [0.2, 0.25) is 0 Å². The first-order valence-electron chi connectivity index (χ1n) is 5.18. The Hall–Kier alpha value is -0.750. The molecule has 1 atom stereocenters. The number of hydrogen-bond acceptors (Lipinski definition) is 7. The lowest BCUT2D eigenvalue weighted by Crippen LogP contribution is -2.42. The molecule has 9 nitrogen and oxygen atoms in total. The summed E-state index contributed by atoms with van der Waals surface area (Å²) in [7, 11) is -0.396. The highest BCUT2D eigenvalue weighted by molar-refractivity contribution is 7.86. The first-order chi connectivity index (χ1) is 8.49. The van der Waals surface area contributed by atoms with E-state index in [1.54, 1.807) is 14.1 Å². The molecule has 20 heavy (non-hydrogen) atoms. The molecule has 0 saturated carbocycles. The van der Waals surface area contributed by atoms with Crippen molar-refractivity contribution in [3.63, 3.8) is 0 Å². The molecule has 0 unspecified atom stereocenters. The number of hydrogen-bond donors (Lipinski definition) is 1. The van der Waals surface area contributed by atoms with Crippen LogP contribution in [0, 0.1) is 7.05 Å². The third-order valence-electron chi connectivity index (χ3n) is 1.41. The monoisotopic (exact) mass is 334 g/mol. The van der Waals surface area contributed by atoms with E-state index in [1.165, 1.54) is 0 Å². The minimum atomic E-state index is -3.92. The average molecular weight is 334 g/mol. The second-order valence-corrected chi connectivity index (χ2v) is 7.85. The predicted molar refractivity (Wildman–Crippen MR) is 69.9 cm³/mol. The maximum Gasteiger partial charge on any atom is 0.306 e. The fraction of sp³-hybridized carbons (Fsp3) is 0.778. The molecule has 0 aliphatic heterocycles. The van der Waals surface area contributed by atoms with Gasteiger partial charge in [0.05, 0.1) is 36.9 Å². The number of carbonyl (C=O) groups is 1. The third-order valence-corrected chi connectivity index (χ3v) is 2.03. The first kappa shape index (κ1) is 21.5. The molecular weight excluding hydrogens is 314 g/mol. The smallest absolute Gasteiger partial charge is 0.306 e. The SMILES string of the molecule is CS(=O)(=O)[O-].[CH2][N+](C)(C)C[C@H](CC(=O)O)OS(C)(=O)=O. The Kier molecular flexibility index (Phi) is 8.49. The van der Waals surface area contributed by atoms with Crippen molar-refractivity contribution in [1.29, 1.82) is 0 Å². The standard InChI is InChI=1S/C8H17NO5S.CH4O3S/c1-9(2,3)6-7(5-8(10)11)14-15(4,12)13;1-5(2,3)4/h7H,1,5-6H2,2-4H3,(H,10,11);1H3,(H,2,3,4)/q+1;/p-1/t7-;/m0./s1. The number of rotatable bonds is 6. The van der Waals surface area contributed by atoms with E-state index < -0.39 is 32.3 Å². The van der Waals surface area contributed by atoms with E-state index in [9.17, 15) is 13.2 Å². The summed E-state index contributed by atoms with van der Waals surface area (Å²) in [6.45, 7) is 0.208. The highest BCUT2D eigenvalue weighted by Crippen LogP contribution is 2.08. The van der Waals surface area contributed by atoms with Crippen molar-refractivity contribution < 1.29 is 40.0 Å². The van der Waals surface area contributed by atoms with Crippen LogP contribution in [0.25, 0.3) is 0 Å². The van der Waals surface area contributed by atoms with Crippen LogP contribution in [0.1, 0.15) is 6.42 Å². The van der Waals surface area contributed by atoms with Gasteiger partial charge in [-0.2, -0.15) is 8.42 Å². The molecule has 0 aromatic carbocycles. The molecule has 0 bridgehead atoms. The van der Waals surface area contributed by atoms with Gasteiger partial charge in [-0.15, -0.1) is 0 Å². The van der Waals surface area contributed by atoms with Gasteiger partial charge in [-0.1, -0.05) is 0 Å². The topological polar surface area (TPSA) is 138 Å². The number of aliphatic carboxylic acids is 1. The molecule has 121 valence electrons. The van der Waals surface area contributed by atoms with Crippen LogP contribution in [-0.4, -0.2) is 76.2 Å². The maximum absolute atomic E-state index is 10.9. The van der Waals surface area contributed by atoms with Crippen LogP contribution in [0.3, 0.4) is 0 Å². The van der Waals surface area contributed by atoms with Crippen LogP contribution in [0.2, 0.25) is 0 Å². The summed E-state index contributed by atoms with van der Waals surface area (Å²) in [5.74, 6) is -1.10. The molecule has 0 aromatic heterocycles. The summed E-state index contributed by atoms with van der Waals surface area (Å²) in [5, 5.41) is 8.58. The highest BCUT2D eigenvalue weighted by atomic mass is 32.2. The largest absolute Gasteiger partial charge is 0.748 e. The van der Waals surface area contributed by atoms with Crippen LogP contribution in [0.4, 0.5) is 0 Å². The van der Waals surface area contributed by atoms with Crippen molar-refractivity contribution in [1.82, 2.24) is 0 Å². The maximum atomic E-state index is 10.9. The molecule has 0 spiro atoms. The molecular formula is C9H20NO8S2. The lowest BCUT2D eigenvalue weighted by atomic mass is 10.2. The molecule has 0 amide bonds. The summed E-state index contributed by atoms with van der Waals surface area (Å²) >= 11 is 0. The zero-order valence-electron chi connectivity index (χ0n) is 11.8. The van der Waals surface area contributed by atoms with Gasteiger partial charge in [0.25, 0.3) is 10.1 Å². The van der Waals surface area contributed by atoms with Gasteiger partial charge in [0.1, 0.15) is 19.7 Å². The molecule has 11 heteroatoms. The first-order valence-corrected chi connectivity index (χ1v) is 8.81. The normalized spacial score (nSPS) is 14.1. The molecule has 1 N–H and O–H groups in total. The van der Waals surface area contributed by atoms with Crippen LogP contribution in [-0.2, 0) is 29.2 Å². The van der Waals surface area contributed by atoms with E-state index in [2.05, 4.69) is 11.2 Å². The number of carboxylic acid groups (broad SMARTS) is 1. The van der Waals surface area contributed by atoms with Gasteiger partial charge >= 0.3 is 5.97 Å². The van der Waals surface area contributed by atoms with Gasteiger partial charge in [0.15, 0.2) is 0 Å².